The zero-order valence-electron chi connectivity index (χ0n) is 29.8. The number of rotatable bonds is 8. The predicted molar refractivity (Wildman–Crippen MR) is 225 cm³/mol. The fourth-order valence-corrected chi connectivity index (χ4v) is 7.50. The van der Waals surface area contributed by atoms with Gasteiger partial charge in [-0.25, -0.2) is 0 Å². The first kappa shape index (κ1) is 32.2. The number of aromatic nitrogens is 3. The van der Waals surface area contributed by atoms with Crippen LogP contribution in [0.5, 0.6) is 0 Å². The van der Waals surface area contributed by atoms with E-state index < -0.39 is 0 Å². The van der Waals surface area contributed by atoms with Gasteiger partial charge in [0, 0.05) is 44.6 Å². The van der Waals surface area contributed by atoms with Crippen LogP contribution in [-0.2, 0) is 0 Å². The number of anilines is 3. The van der Waals surface area contributed by atoms with Gasteiger partial charge >= 0.3 is 0 Å². The van der Waals surface area contributed by atoms with Crippen LogP contribution in [0.3, 0.4) is 0 Å². The second-order valence-electron chi connectivity index (χ2n) is 13.5. The van der Waals surface area contributed by atoms with Crippen molar-refractivity contribution in [3.8, 4) is 50.8 Å². The molecule has 0 aliphatic carbocycles. The molecule has 0 unspecified atom stereocenters. The second kappa shape index (κ2) is 13.8. The lowest BCUT2D eigenvalue weighted by Gasteiger charge is -2.26. The first-order chi connectivity index (χ1) is 27.3. The number of hydrogen-bond acceptors (Lipinski definition) is 4. The van der Waals surface area contributed by atoms with Crippen LogP contribution in [0.15, 0.2) is 211 Å². The zero-order valence-corrected chi connectivity index (χ0v) is 29.8. The molecule has 0 N–H and O–H groups in total. The highest BCUT2D eigenvalue weighted by molar-refractivity contribution is 6.10. The van der Waals surface area contributed by atoms with Crippen LogP contribution in [0.1, 0.15) is 0 Å². The smallest absolute Gasteiger partial charge is 0.248 e. The number of hydrogen-bond donors (Lipinski definition) is 0. The Labute approximate surface area is 319 Å². The van der Waals surface area contributed by atoms with E-state index in [1.807, 2.05) is 48.5 Å². The van der Waals surface area contributed by atoms with Gasteiger partial charge in [-0.05, 0) is 113 Å². The van der Waals surface area contributed by atoms with Gasteiger partial charge in [0.25, 0.3) is 0 Å². The molecule has 2 aromatic heterocycles. The Bertz CT molecular complexity index is 2900. The fourth-order valence-electron chi connectivity index (χ4n) is 7.50. The highest BCUT2D eigenvalue weighted by Crippen LogP contribution is 2.40. The van der Waals surface area contributed by atoms with Gasteiger partial charge in [-0.1, -0.05) is 115 Å². The predicted octanol–water partition coefficient (Wildman–Crippen LogP) is 13.3. The summed E-state index contributed by atoms with van der Waals surface area (Å²) in [4.78, 5) is 2.29. The minimum Gasteiger partial charge on any atom is -0.416 e. The summed E-state index contributed by atoms with van der Waals surface area (Å²) in [6.07, 6.45) is 0. The molecule has 0 spiro atoms. The van der Waals surface area contributed by atoms with Crippen LogP contribution in [0, 0.1) is 0 Å². The molecule has 0 radical (unpaired) electrons. The SMILES string of the molecule is c1ccc(-c2cccc(N(c3ccc(-c4ccc5c(c4)c4ccccc4n5-c4ccccc4)cc3)c3ccc(-c4nnc(-c5ccccc5)o4)cc3)c2)cc1. The average Bonchev–Trinajstić information content (AvgIpc) is 3.89. The molecule has 55 heavy (non-hydrogen) atoms. The lowest BCUT2D eigenvalue weighted by molar-refractivity contribution is 0.584. The van der Waals surface area contributed by atoms with Crippen molar-refractivity contribution in [2.75, 3.05) is 4.90 Å². The Hall–Kier alpha value is -7.50. The van der Waals surface area contributed by atoms with Crippen molar-refractivity contribution in [2.24, 2.45) is 0 Å². The van der Waals surface area contributed by atoms with Gasteiger partial charge in [0.1, 0.15) is 0 Å². The fraction of sp³-hybridized carbons (Fsp3) is 0. The van der Waals surface area contributed by atoms with Gasteiger partial charge in [0.15, 0.2) is 0 Å². The molecule has 0 saturated carbocycles. The summed E-state index contributed by atoms with van der Waals surface area (Å²) in [5, 5.41) is 11.1. The lowest BCUT2D eigenvalue weighted by Crippen LogP contribution is -2.10. The molecule has 0 bridgehead atoms. The van der Waals surface area contributed by atoms with Gasteiger partial charge in [0.05, 0.1) is 11.0 Å². The highest BCUT2D eigenvalue weighted by atomic mass is 16.4. The van der Waals surface area contributed by atoms with E-state index in [2.05, 4.69) is 177 Å². The summed E-state index contributed by atoms with van der Waals surface area (Å²) in [7, 11) is 0. The van der Waals surface area contributed by atoms with Crippen LogP contribution in [0.2, 0.25) is 0 Å². The van der Waals surface area contributed by atoms with Gasteiger partial charge < -0.3 is 13.9 Å². The zero-order chi connectivity index (χ0) is 36.6. The molecule has 10 aromatic rings. The molecule has 0 atom stereocenters. The van der Waals surface area contributed by atoms with Crippen molar-refractivity contribution in [1.82, 2.24) is 14.8 Å². The van der Waals surface area contributed by atoms with E-state index in [9.17, 15) is 0 Å². The molecular formula is C50H34N4O. The van der Waals surface area contributed by atoms with Crippen molar-refractivity contribution in [2.45, 2.75) is 0 Å². The monoisotopic (exact) mass is 706 g/mol. The van der Waals surface area contributed by atoms with E-state index >= 15 is 0 Å². The Morgan fingerprint density at radius 3 is 1.53 bits per heavy atom. The summed E-state index contributed by atoms with van der Waals surface area (Å²) < 4.78 is 8.43. The molecule has 10 rings (SSSR count). The first-order valence-corrected chi connectivity index (χ1v) is 18.4. The normalized spacial score (nSPS) is 11.3. The minimum absolute atomic E-state index is 0.483. The third-order valence-corrected chi connectivity index (χ3v) is 10.2. The van der Waals surface area contributed by atoms with Crippen molar-refractivity contribution < 1.29 is 4.42 Å². The van der Waals surface area contributed by atoms with E-state index in [0.29, 0.717) is 11.8 Å². The number of fused-ring (bicyclic) bond motifs is 3. The highest BCUT2D eigenvalue weighted by Gasteiger charge is 2.17. The van der Waals surface area contributed by atoms with Crippen molar-refractivity contribution in [3.05, 3.63) is 206 Å². The Kier molecular flexibility index (Phi) is 8.08. The van der Waals surface area contributed by atoms with Crippen LogP contribution < -0.4 is 4.90 Å². The molecule has 0 fully saturated rings. The molecule has 5 heteroatoms. The first-order valence-electron chi connectivity index (χ1n) is 18.4. The molecule has 2 heterocycles. The maximum Gasteiger partial charge on any atom is 0.248 e. The summed E-state index contributed by atoms with van der Waals surface area (Å²) >= 11 is 0. The van der Waals surface area contributed by atoms with Crippen molar-refractivity contribution >= 4 is 38.9 Å². The third-order valence-electron chi connectivity index (χ3n) is 10.2. The minimum atomic E-state index is 0.483. The van der Waals surface area contributed by atoms with E-state index in [-0.39, 0.29) is 0 Å². The second-order valence-corrected chi connectivity index (χ2v) is 13.5. The molecule has 8 aromatic carbocycles. The van der Waals surface area contributed by atoms with Gasteiger partial charge in [0.2, 0.25) is 11.8 Å². The Morgan fingerprint density at radius 2 is 0.836 bits per heavy atom. The van der Waals surface area contributed by atoms with E-state index in [0.717, 1.165) is 45.0 Å². The van der Waals surface area contributed by atoms with Crippen LogP contribution >= 0.6 is 0 Å². The van der Waals surface area contributed by atoms with E-state index in [1.165, 1.54) is 32.9 Å². The quantitative estimate of drug-likeness (QED) is 0.158. The third kappa shape index (κ3) is 6.04. The topological polar surface area (TPSA) is 47.1 Å². The van der Waals surface area contributed by atoms with Crippen molar-refractivity contribution in [3.63, 3.8) is 0 Å². The molecule has 0 aliphatic heterocycles. The van der Waals surface area contributed by atoms with E-state index in [4.69, 9.17) is 4.42 Å². The summed E-state index contributed by atoms with van der Waals surface area (Å²) in [5.41, 5.74) is 13.1. The van der Waals surface area contributed by atoms with E-state index in [1.54, 1.807) is 0 Å². The summed E-state index contributed by atoms with van der Waals surface area (Å²) in [6.45, 7) is 0. The average molecular weight is 707 g/mol. The van der Waals surface area contributed by atoms with Crippen LogP contribution in [0.4, 0.5) is 17.1 Å². The molecule has 0 saturated heterocycles. The Balaban J connectivity index is 1.03. The van der Waals surface area contributed by atoms with Gasteiger partial charge in [-0.2, -0.15) is 0 Å². The number of benzene rings is 8. The molecule has 0 aliphatic rings. The molecule has 0 amide bonds. The van der Waals surface area contributed by atoms with Crippen LogP contribution in [-0.4, -0.2) is 14.8 Å². The molecular weight excluding hydrogens is 673 g/mol. The molecule has 5 nitrogen and oxygen atoms in total. The maximum absolute atomic E-state index is 6.08. The number of nitrogens with zero attached hydrogens (tertiary/aromatic N) is 4. The largest absolute Gasteiger partial charge is 0.416 e. The standard InChI is InChI=1S/C50H34N4O/c1-4-13-35(14-5-1)39-17-12-20-44(33-39)53(43-30-25-38(26-31-43)50-52-51-49(55-50)37-15-6-2-7-16-37)42-28-23-36(24-29-42)40-27-32-48-46(34-40)45-21-10-11-22-47(45)54(48)41-18-8-3-9-19-41/h1-34H. The lowest BCUT2D eigenvalue weighted by atomic mass is 10.0. The molecule has 260 valence electrons. The summed E-state index contributed by atoms with van der Waals surface area (Å²) in [5.74, 6) is 0.983. The van der Waals surface area contributed by atoms with Crippen molar-refractivity contribution in [1.29, 1.82) is 0 Å². The van der Waals surface area contributed by atoms with Gasteiger partial charge in [-0.3, -0.25) is 0 Å². The van der Waals surface area contributed by atoms with Gasteiger partial charge in [-0.15, -0.1) is 10.2 Å². The summed E-state index contributed by atoms with van der Waals surface area (Å²) in [6, 6.07) is 72.3. The van der Waals surface area contributed by atoms with Crippen LogP contribution in [0.25, 0.3) is 72.7 Å². The maximum atomic E-state index is 6.08. The Morgan fingerprint density at radius 1 is 0.345 bits per heavy atom. The number of para-hydroxylation sites is 2.